The Morgan fingerprint density at radius 1 is 0.880 bits per heavy atom. The van der Waals surface area contributed by atoms with Crippen molar-refractivity contribution in [2.45, 2.75) is 13.8 Å². The van der Waals surface area contributed by atoms with Crippen molar-refractivity contribution in [1.82, 2.24) is 0 Å². The summed E-state index contributed by atoms with van der Waals surface area (Å²) in [4.78, 5) is 18.2. The molecule has 0 fully saturated rings. The molecule has 136 valence electrons. The molecule has 0 aliphatic heterocycles. The molecule has 0 radical (unpaired) electrons. The fourth-order valence-electron chi connectivity index (χ4n) is 0.478. The summed E-state index contributed by atoms with van der Waals surface area (Å²) in [5.74, 6) is -1.17. The quantitative estimate of drug-likeness (QED) is 0.301. The van der Waals surface area contributed by atoms with Gasteiger partial charge < -0.3 is 35.9 Å². The number of nitrogens with one attached hydrogen (secondary N) is 2. The van der Waals surface area contributed by atoms with E-state index in [2.05, 4.69) is 6.92 Å². The maximum atomic E-state index is 9.11. The summed E-state index contributed by atoms with van der Waals surface area (Å²) in [5.41, 5.74) is 13.0. The molecule has 4 nitrogen and oxygen atoms in total. The summed E-state index contributed by atoms with van der Waals surface area (Å²) < 4.78 is 0. The van der Waals surface area contributed by atoms with E-state index < -0.39 is 28.8 Å². The summed E-state index contributed by atoms with van der Waals surface area (Å²) in [7, 11) is 9.78. The number of halogens is 2. The van der Waals surface area contributed by atoms with Crippen LogP contribution in [0.5, 0.6) is 0 Å². The number of benzene rings is 1. The van der Waals surface area contributed by atoms with Crippen LogP contribution >= 0.6 is 18.6 Å². The average Bonchev–Trinajstić information content (AvgIpc) is 2.18. The van der Waals surface area contributed by atoms with Gasteiger partial charge in [0.25, 0.3) is 0 Å². The zero-order valence-corrected chi connectivity index (χ0v) is 25.5. The standard InChI is InChI=1S/C7H7.2C2H5NO.2CH3.2ClH.6Ti/c1-7-5-3-2-4-6-7;2*1-2(3)4;;;;;;;;;;/h2-6H,1H2;2*1H3,(H2,3,4);2*1H3;2*1H;;;;;;/q-1;;;2*-1;;;;;;;2*+2/p-4. The van der Waals surface area contributed by atoms with E-state index in [0.29, 0.717) is 0 Å². The molecule has 0 atom stereocenters. The van der Waals surface area contributed by atoms with Gasteiger partial charge in [-0.1, -0.05) is 6.07 Å². The van der Waals surface area contributed by atoms with Gasteiger partial charge in [-0.05, 0) is 13.8 Å². The van der Waals surface area contributed by atoms with E-state index >= 15 is 0 Å². The van der Waals surface area contributed by atoms with Crippen LogP contribution in [0.3, 0.4) is 0 Å². The number of hydrogen-bond acceptors (Lipinski definition) is 2. The number of hydrogen-bond donors (Lipinski definition) is 0. The van der Waals surface area contributed by atoms with Crippen LogP contribution in [0.25, 0.3) is 11.5 Å². The molecule has 0 heterocycles. The number of carbonyl (C=O) groups excluding carboxylic acids is 2. The van der Waals surface area contributed by atoms with Crippen molar-refractivity contribution in [3.8, 4) is 0 Å². The third-order valence-electron chi connectivity index (χ3n) is 0.843. The third-order valence-corrected chi connectivity index (χ3v) is 0.843. The fraction of sp³-hybridized carbons (Fsp3) is 0.154. The Kier molecular flexibility index (Phi) is 142. The molecular weight excluding hydrogens is 574 g/mol. The van der Waals surface area contributed by atoms with Gasteiger partial charge in [0.2, 0.25) is 0 Å². The normalized spacial score (nSPS) is 4.96. The first-order chi connectivity index (χ1) is 8.27. The van der Waals surface area contributed by atoms with Crippen molar-refractivity contribution in [3.63, 3.8) is 0 Å². The van der Waals surface area contributed by atoms with Crippen molar-refractivity contribution in [2.75, 3.05) is 0 Å². The average molecular weight is 595 g/mol. The van der Waals surface area contributed by atoms with Crippen molar-refractivity contribution in [1.29, 1.82) is 0 Å². The molecule has 12 heteroatoms. The molecule has 0 spiro atoms. The van der Waals surface area contributed by atoms with E-state index in [0.717, 1.165) is 5.56 Å². The van der Waals surface area contributed by atoms with E-state index in [4.69, 9.17) is 39.7 Å². The van der Waals surface area contributed by atoms with Gasteiger partial charge in [-0.25, -0.2) is 0 Å². The molecule has 2 N–H and O–H groups in total. The van der Waals surface area contributed by atoms with Gasteiger partial charge in [0.1, 0.15) is 0 Å². The summed E-state index contributed by atoms with van der Waals surface area (Å²) in [6, 6.07) is 9.87. The largest absolute Gasteiger partial charge is 2.00 e. The van der Waals surface area contributed by atoms with E-state index in [1.165, 1.54) is 13.8 Å². The van der Waals surface area contributed by atoms with Crippen LogP contribution in [0.2, 0.25) is 0 Å². The molecule has 1 aromatic rings. The number of amides is 2. The van der Waals surface area contributed by atoms with Crippen molar-refractivity contribution >= 4 is 30.4 Å². The zero-order chi connectivity index (χ0) is 15.0. The summed E-state index contributed by atoms with van der Waals surface area (Å²) in [5, 5.41) is 0. The molecule has 0 saturated carbocycles. The zero-order valence-electron chi connectivity index (χ0n) is 14.7. The SMILES string of the molecule is CC([NH-])=O.CC([NH-])=O.[CH2-]c1ccccc1.[CH3-].[CH3-].[Cl][Ti][Cl].[Ti+2].[Ti].[Ti].[Ti].[Ti]. The second-order valence-corrected chi connectivity index (χ2v) is 5.25. The van der Waals surface area contributed by atoms with Gasteiger partial charge >= 0.3 is 57.4 Å². The fourth-order valence-corrected chi connectivity index (χ4v) is 0.478. The second-order valence-electron chi connectivity index (χ2n) is 2.67. The Balaban J connectivity index is -0.0000000144. The number of rotatable bonds is 0. The van der Waals surface area contributed by atoms with Crippen LogP contribution in [-0.4, -0.2) is 11.8 Å². The molecule has 0 aliphatic rings. The minimum absolute atomic E-state index is 0. The molecule has 2 amide bonds. The molecule has 0 aliphatic carbocycles. The monoisotopic (exact) mass is 595 g/mol. The van der Waals surface area contributed by atoms with Crippen LogP contribution < -0.4 is 0 Å². The first kappa shape index (κ1) is 63.0. The summed E-state index contributed by atoms with van der Waals surface area (Å²) >= 11 is -0.556. The molecule has 1 aromatic carbocycles. The predicted octanol–water partition coefficient (Wildman–Crippen LogP) is 5.30. The van der Waals surface area contributed by atoms with Gasteiger partial charge in [0.15, 0.2) is 0 Å². The van der Waals surface area contributed by atoms with E-state index in [-0.39, 0.29) is 123 Å². The summed E-state index contributed by atoms with van der Waals surface area (Å²) in [6.07, 6.45) is 0. The van der Waals surface area contributed by atoms with Crippen LogP contribution in [-0.2, 0) is 135 Å². The van der Waals surface area contributed by atoms with E-state index in [1.807, 2.05) is 30.3 Å². The minimum Gasteiger partial charge on any atom is 0 e. The van der Waals surface area contributed by atoms with Crippen LogP contribution in [0.15, 0.2) is 30.3 Å². The molecule has 0 bridgehead atoms. The number of carbonyl (C=O) groups is 2. The molecule has 0 saturated heterocycles. The maximum Gasteiger partial charge on any atom is 2.00 e. The van der Waals surface area contributed by atoms with Crippen molar-refractivity contribution in [3.05, 3.63) is 69.1 Å². The Bertz CT molecular complexity index is 307. The van der Waals surface area contributed by atoms with Crippen LogP contribution in [0, 0.1) is 21.8 Å². The van der Waals surface area contributed by atoms with Crippen LogP contribution in [0.4, 0.5) is 0 Å². The van der Waals surface area contributed by atoms with E-state index in [9.17, 15) is 0 Å². The minimum atomic E-state index is -0.583. The maximum absolute atomic E-state index is 9.11. The Labute approximate surface area is 244 Å². The molecule has 0 aromatic heterocycles. The van der Waals surface area contributed by atoms with Crippen LogP contribution in [0.1, 0.15) is 19.4 Å². The Morgan fingerprint density at radius 3 is 1.12 bits per heavy atom. The topological polar surface area (TPSA) is 81.7 Å². The van der Waals surface area contributed by atoms with Gasteiger partial charge in [-0.3, -0.25) is 0 Å². The first-order valence-corrected chi connectivity index (χ1v) is 8.85. The molecular formula is C13H21Cl2N2O2Ti6-3. The smallest absolute Gasteiger partial charge is 0 e. The van der Waals surface area contributed by atoms with Gasteiger partial charge in [0, 0.05) is 98.7 Å². The predicted molar refractivity (Wildman–Crippen MR) is 85.4 cm³/mol. The first-order valence-electron chi connectivity index (χ1n) is 4.55. The third kappa shape index (κ3) is 140. The van der Waals surface area contributed by atoms with E-state index in [1.54, 1.807) is 0 Å². The Morgan fingerprint density at radius 2 is 1.04 bits per heavy atom. The van der Waals surface area contributed by atoms with Crippen molar-refractivity contribution in [2.24, 2.45) is 0 Å². The Hall–Kier alpha value is 2.90. The van der Waals surface area contributed by atoms with Gasteiger partial charge in [-0.2, -0.15) is 24.6 Å². The van der Waals surface area contributed by atoms with Crippen molar-refractivity contribution < 1.29 is 135 Å². The van der Waals surface area contributed by atoms with Gasteiger partial charge in [-0.15, -0.1) is 12.1 Å². The second kappa shape index (κ2) is 56.3. The van der Waals surface area contributed by atoms with Gasteiger partial charge in [0.05, 0.1) is 0 Å². The summed E-state index contributed by atoms with van der Waals surface area (Å²) in [6.45, 7) is 6.11. The molecule has 25 heavy (non-hydrogen) atoms. The molecule has 0 unspecified atom stereocenters. The molecule has 1 rings (SSSR count).